The monoisotopic (exact) mass is 288 g/mol. The van der Waals surface area contributed by atoms with E-state index in [1.54, 1.807) is 11.3 Å². The number of nitrogens with one attached hydrogen (secondary N) is 1. The number of aromatic nitrogens is 1. The van der Waals surface area contributed by atoms with Gasteiger partial charge in [0.1, 0.15) is 0 Å². The highest BCUT2D eigenvalue weighted by Gasteiger charge is 2.19. The fourth-order valence-electron chi connectivity index (χ4n) is 2.30. The Hall–Kier alpha value is -1.42. The molecule has 4 heteroatoms. The van der Waals surface area contributed by atoms with E-state index < -0.39 is 0 Å². The van der Waals surface area contributed by atoms with Crippen molar-refractivity contribution in [2.45, 2.75) is 6.04 Å². The molecule has 1 atom stereocenters. The Morgan fingerprint density at radius 3 is 2.79 bits per heavy atom. The number of para-hydroxylation sites is 1. The number of hydrogen-bond donors (Lipinski definition) is 1. The van der Waals surface area contributed by atoms with E-state index in [2.05, 4.69) is 34.6 Å². The highest BCUT2D eigenvalue weighted by molar-refractivity contribution is 7.10. The van der Waals surface area contributed by atoms with Crippen molar-refractivity contribution in [1.29, 1.82) is 0 Å². The molecular weight excluding hydrogens is 276 g/mol. The minimum absolute atomic E-state index is 0.0751. The minimum atomic E-state index is 0.0751. The maximum atomic E-state index is 6.26. The maximum absolute atomic E-state index is 6.26. The van der Waals surface area contributed by atoms with E-state index in [0.29, 0.717) is 0 Å². The van der Waals surface area contributed by atoms with Gasteiger partial charge in [-0.2, -0.15) is 0 Å². The predicted octanol–water partition coefficient (Wildman–Crippen LogP) is 4.26. The van der Waals surface area contributed by atoms with Crippen molar-refractivity contribution in [2.75, 3.05) is 7.05 Å². The van der Waals surface area contributed by atoms with Crippen LogP contribution in [-0.2, 0) is 0 Å². The molecule has 1 N–H and O–H groups in total. The van der Waals surface area contributed by atoms with E-state index in [-0.39, 0.29) is 6.04 Å². The van der Waals surface area contributed by atoms with Gasteiger partial charge in [0, 0.05) is 22.0 Å². The average Bonchev–Trinajstić information content (AvgIpc) is 2.86. The second-order valence-corrected chi connectivity index (χ2v) is 5.63. The number of benzene rings is 1. The zero-order valence-electron chi connectivity index (χ0n) is 10.4. The van der Waals surface area contributed by atoms with E-state index in [1.165, 1.54) is 0 Å². The van der Waals surface area contributed by atoms with Crippen LogP contribution < -0.4 is 5.32 Å². The number of rotatable bonds is 3. The first-order valence-corrected chi connectivity index (χ1v) is 7.31. The van der Waals surface area contributed by atoms with Crippen LogP contribution >= 0.6 is 22.9 Å². The molecule has 2 aromatic heterocycles. The van der Waals surface area contributed by atoms with Crippen LogP contribution in [0.3, 0.4) is 0 Å². The van der Waals surface area contributed by atoms with Gasteiger partial charge in [0.05, 0.1) is 16.6 Å². The number of halogens is 1. The van der Waals surface area contributed by atoms with Crippen molar-refractivity contribution in [2.24, 2.45) is 0 Å². The Bertz CT molecular complexity index is 703. The van der Waals surface area contributed by atoms with Gasteiger partial charge < -0.3 is 5.32 Å². The fraction of sp³-hybridized carbons (Fsp3) is 0.133. The third-order valence-corrected chi connectivity index (χ3v) is 4.59. The second-order valence-electron chi connectivity index (χ2n) is 4.28. The molecule has 2 nitrogen and oxygen atoms in total. The van der Waals surface area contributed by atoms with Crippen molar-refractivity contribution in [1.82, 2.24) is 10.3 Å². The first-order chi connectivity index (χ1) is 9.31. The lowest BCUT2D eigenvalue weighted by atomic mass is 10.0. The topological polar surface area (TPSA) is 24.9 Å². The molecule has 0 bridgehead atoms. The summed E-state index contributed by atoms with van der Waals surface area (Å²) in [5.74, 6) is 0. The van der Waals surface area contributed by atoms with Crippen LogP contribution in [0.15, 0.2) is 48.0 Å². The first kappa shape index (κ1) is 12.6. The van der Waals surface area contributed by atoms with Crippen molar-refractivity contribution < 1.29 is 0 Å². The summed E-state index contributed by atoms with van der Waals surface area (Å²) < 4.78 is 0. The molecule has 0 aliphatic heterocycles. The lowest BCUT2D eigenvalue weighted by Crippen LogP contribution is -2.17. The zero-order chi connectivity index (χ0) is 13.2. The Balaban J connectivity index is 2.20. The van der Waals surface area contributed by atoms with Crippen LogP contribution in [0, 0.1) is 0 Å². The van der Waals surface area contributed by atoms with Gasteiger partial charge in [-0.1, -0.05) is 35.9 Å². The van der Waals surface area contributed by atoms with Crippen LogP contribution in [0.1, 0.15) is 16.5 Å². The molecule has 19 heavy (non-hydrogen) atoms. The van der Waals surface area contributed by atoms with Gasteiger partial charge in [-0.25, -0.2) is 0 Å². The lowest BCUT2D eigenvalue weighted by Gasteiger charge is -2.17. The molecule has 3 aromatic rings. The van der Waals surface area contributed by atoms with E-state index in [1.807, 2.05) is 30.8 Å². The van der Waals surface area contributed by atoms with Crippen LogP contribution in [-0.4, -0.2) is 12.0 Å². The van der Waals surface area contributed by atoms with Crippen molar-refractivity contribution in [3.63, 3.8) is 0 Å². The molecule has 0 amide bonds. The van der Waals surface area contributed by atoms with Crippen molar-refractivity contribution >= 4 is 33.8 Å². The SMILES string of the molecule is CNC(c1sccc1Cl)c1cccc2cccnc12. The van der Waals surface area contributed by atoms with Gasteiger partial charge in [0.15, 0.2) is 0 Å². The molecule has 0 aliphatic carbocycles. The van der Waals surface area contributed by atoms with Crippen LogP contribution in [0.4, 0.5) is 0 Å². The Morgan fingerprint density at radius 2 is 2.05 bits per heavy atom. The van der Waals surface area contributed by atoms with E-state index in [9.17, 15) is 0 Å². The summed E-state index contributed by atoms with van der Waals surface area (Å²) in [4.78, 5) is 5.64. The number of nitrogens with zero attached hydrogens (tertiary/aromatic N) is 1. The summed E-state index contributed by atoms with van der Waals surface area (Å²) in [6.45, 7) is 0. The van der Waals surface area contributed by atoms with E-state index in [4.69, 9.17) is 11.6 Å². The Morgan fingerprint density at radius 1 is 1.21 bits per heavy atom. The average molecular weight is 289 g/mol. The predicted molar refractivity (Wildman–Crippen MR) is 82.0 cm³/mol. The molecule has 0 fully saturated rings. The van der Waals surface area contributed by atoms with E-state index >= 15 is 0 Å². The molecule has 96 valence electrons. The molecule has 1 unspecified atom stereocenters. The quantitative estimate of drug-likeness (QED) is 0.779. The highest BCUT2D eigenvalue weighted by atomic mass is 35.5. The maximum Gasteiger partial charge on any atom is 0.0753 e. The lowest BCUT2D eigenvalue weighted by molar-refractivity contribution is 0.708. The largest absolute Gasteiger partial charge is 0.309 e. The molecule has 2 heterocycles. The van der Waals surface area contributed by atoms with Gasteiger partial charge in [0.2, 0.25) is 0 Å². The van der Waals surface area contributed by atoms with Crippen LogP contribution in [0.25, 0.3) is 10.9 Å². The zero-order valence-corrected chi connectivity index (χ0v) is 12.0. The number of fused-ring (bicyclic) bond motifs is 1. The molecular formula is C15H13ClN2S. The standard InChI is InChI=1S/C15H13ClN2S/c1-17-14(15-12(16)7-9-19-15)11-6-2-4-10-5-3-8-18-13(10)11/h2-9,14,17H,1H3. The molecule has 0 spiro atoms. The van der Waals surface area contributed by atoms with Crippen LogP contribution in [0.2, 0.25) is 5.02 Å². The Labute approximate surface area is 121 Å². The van der Waals surface area contributed by atoms with Gasteiger partial charge in [-0.3, -0.25) is 4.98 Å². The van der Waals surface area contributed by atoms with E-state index in [0.717, 1.165) is 26.4 Å². The normalized spacial score (nSPS) is 12.7. The smallest absolute Gasteiger partial charge is 0.0753 e. The molecule has 3 rings (SSSR count). The fourth-order valence-corrected chi connectivity index (χ4v) is 3.59. The number of thiophene rings is 1. The summed E-state index contributed by atoms with van der Waals surface area (Å²) in [6.07, 6.45) is 1.83. The second kappa shape index (κ2) is 5.29. The number of hydrogen-bond acceptors (Lipinski definition) is 3. The van der Waals surface area contributed by atoms with Gasteiger partial charge in [-0.05, 0) is 24.6 Å². The molecule has 1 aromatic carbocycles. The van der Waals surface area contributed by atoms with Gasteiger partial charge >= 0.3 is 0 Å². The highest BCUT2D eigenvalue weighted by Crippen LogP contribution is 2.34. The minimum Gasteiger partial charge on any atom is -0.309 e. The van der Waals surface area contributed by atoms with Gasteiger partial charge in [-0.15, -0.1) is 11.3 Å². The van der Waals surface area contributed by atoms with Crippen LogP contribution in [0.5, 0.6) is 0 Å². The molecule has 0 saturated heterocycles. The molecule has 0 radical (unpaired) electrons. The summed E-state index contributed by atoms with van der Waals surface area (Å²) in [5.41, 5.74) is 2.18. The summed E-state index contributed by atoms with van der Waals surface area (Å²) >= 11 is 7.93. The third kappa shape index (κ3) is 2.25. The Kier molecular flexibility index (Phi) is 3.51. The number of pyridine rings is 1. The van der Waals surface area contributed by atoms with Crippen molar-refractivity contribution in [3.05, 3.63) is 63.4 Å². The van der Waals surface area contributed by atoms with Crippen molar-refractivity contribution in [3.8, 4) is 0 Å². The molecule has 0 saturated carbocycles. The molecule has 0 aliphatic rings. The summed E-state index contributed by atoms with van der Waals surface area (Å²) in [5, 5.41) is 7.30. The third-order valence-electron chi connectivity index (χ3n) is 3.17. The summed E-state index contributed by atoms with van der Waals surface area (Å²) in [7, 11) is 1.95. The van der Waals surface area contributed by atoms with Gasteiger partial charge in [0.25, 0.3) is 0 Å². The summed E-state index contributed by atoms with van der Waals surface area (Å²) in [6, 6.07) is 12.3. The first-order valence-electron chi connectivity index (χ1n) is 6.05.